The van der Waals surface area contributed by atoms with Gasteiger partial charge in [-0.3, -0.25) is 4.79 Å². The molecule has 7 heteroatoms. The molecule has 1 atom stereocenters. The van der Waals surface area contributed by atoms with Crippen molar-refractivity contribution in [1.29, 1.82) is 0 Å². The number of hydrogen-bond acceptors (Lipinski definition) is 5. The van der Waals surface area contributed by atoms with Crippen LogP contribution in [-0.4, -0.2) is 22.2 Å². The summed E-state index contributed by atoms with van der Waals surface area (Å²) in [4.78, 5) is 32.4. The highest BCUT2D eigenvalue weighted by molar-refractivity contribution is 5.86. The second-order valence-electron chi connectivity index (χ2n) is 3.13. The SMILES string of the molecule is CC(C(=O)O)c1cc(C(=O)O)oc(=O)c1N. The lowest BCUT2D eigenvalue weighted by molar-refractivity contribution is -0.138. The van der Waals surface area contributed by atoms with Gasteiger partial charge in [-0.15, -0.1) is 0 Å². The van der Waals surface area contributed by atoms with E-state index in [-0.39, 0.29) is 11.3 Å². The first-order valence-corrected chi connectivity index (χ1v) is 4.24. The van der Waals surface area contributed by atoms with Crippen LogP contribution in [0.5, 0.6) is 0 Å². The first kappa shape index (κ1) is 11.8. The third-order valence-corrected chi connectivity index (χ3v) is 2.07. The van der Waals surface area contributed by atoms with Gasteiger partial charge in [0.05, 0.1) is 5.92 Å². The van der Waals surface area contributed by atoms with Crippen LogP contribution in [0.4, 0.5) is 5.69 Å². The molecule has 1 heterocycles. The lowest BCUT2D eigenvalue weighted by atomic mass is 10.0. The van der Waals surface area contributed by atoms with E-state index in [0.29, 0.717) is 0 Å². The standard InChI is InChI=1S/C9H9NO6/c1-3(7(11)12)4-2-5(8(13)14)16-9(15)6(4)10/h2-3H,10H2,1H3,(H,11,12)(H,13,14). The summed E-state index contributed by atoms with van der Waals surface area (Å²) >= 11 is 0. The van der Waals surface area contributed by atoms with Crippen LogP contribution in [0, 0.1) is 0 Å². The highest BCUT2D eigenvalue weighted by Crippen LogP contribution is 2.20. The predicted molar refractivity (Wildman–Crippen MR) is 52.4 cm³/mol. The molecule has 0 bridgehead atoms. The lowest BCUT2D eigenvalue weighted by Crippen LogP contribution is -2.18. The Labute approximate surface area is 89.1 Å². The third-order valence-electron chi connectivity index (χ3n) is 2.07. The van der Waals surface area contributed by atoms with Crippen molar-refractivity contribution in [2.24, 2.45) is 0 Å². The van der Waals surface area contributed by atoms with Crippen LogP contribution in [0.1, 0.15) is 29.0 Å². The quantitative estimate of drug-likeness (QED) is 0.667. The van der Waals surface area contributed by atoms with Gasteiger partial charge in [-0.1, -0.05) is 0 Å². The zero-order valence-electron chi connectivity index (χ0n) is 8.26. The molecule has 16 heavy (non-hydrogen) atoms. The Balaban J connectivity index is 3.44. The second-order valence-corrected chi connectivity index (χ2v) is 3.13. The van der Waals surface area contributed by atoms with Crippen LogP contribution in [0.2, 0.25) is 0 Å². The van der Waals surface area contributed by atoms with Crippen molar-refractivity contribution in [2.75, 3.05) is 5.73 Å². The Bertz CT molecular complexity index is 503. The van der Waals surface area contributed by atoms with E-state index < -0.39 is 29.2 Å². The van der Waals surface area contributed by atoms with Gasteiger partial charge in [0.1, 0.15) is 5.69 Å². The van der Waals surface area contributed by atoms with Crippen LogP contribution < -0.4 is 11.4 Å². The molecule has 0 amide bonds. The van der Waals surface area contributed by atoms with Gasteiger partial charge in [0, 0.05) is 5.56 Å². The van der Waals surface area contributed by atoms with E-state index >= 15 is 0 Å². The number of carboxylic acid groups (broad SMARTS) is 2. The number of rotatable bonds is 3. The molecule has 0 saturated carbocycles. The summed E-state index contributed by atoms with van der Waals surface area (Å²) in [6, 6.07) is 0.942. The minimum Gasteiger partial charge on any atom is -0.481 e. The van der Waals surface area contributed by atoms with Crippen molar-refractivity contribution in [3.63, 3.8) is 0 Å². The third kappa shape index (κ3) is 2.02. The summed E-state index contributed by atoms with van der Waals surface area (Å²) in [6.07, 6.45) is 0. The van der Waals surface area contributed by atoms with E-state index in [0.717, 1.165) is 6.07 Å². The molecule has 0 aliphatic heterocycles. The Hall–Kier alpha value is -2.31. The van der Waals surface area contributed by atoms with Crippen molar-refractivity contribution in [3.05, 3.63) is 27.8 Å². The number of nitrogens with two attached hydrogens (primary N) is 1. The van der Waals surface area contributed by atoms with E-state index in [1.54, 1.807) is 0 Å². The summed E-state index contributed by atoms with van der Waals surface area (Å²) in [5.41, 5.74) is 3.82. The molecule has 0 fully saturated rings. The lowest BCUT2D eigenvalue weighted by Gasteiger charge is -2.08. The second kappa shape index (κ2) is 4.05. The van der Waals surface area contributed by atoms with Gasteiger partial charge in [-0.2, -0.15) is 0 Å². The zero-order chi connectivity index (χ0) is 12.5. The number of carboxylic acids is 2. The maximum atomic E-state index is 11.1. The van der Waals surface area contributed by atoms with E-state index in [9.17, 15) is 14.4 Å². The van der Waals surface area contributed by atoms with Gasteiger partial charge in [0.15, 0.2) is 0 Å². The number of carbonyl (C=O) groups is 2. The van der Waals surface area contributed by atoms with Gasteiger partial charge in [-0.25, -0.2) is 9.59 Å². The molecular formula is C9H9NO6. The molecule has 1 unspecified atom stereocenters. The van der Waals surface area contributed by atoms with E-state index in [1.165, 1.54) is 6.92 Å². The maximum Gasteiger partial charge on any atom is 0.371 e. The topological polar surface area (TPSA) is 131 Å². The first-order chi connectivity index (χ1) is 7.34. The fourth-order valence-electron chi connectivity index (χ4n) is 1.12. The molecule has 0 saturated heterocycles. The number of anilines is 1. The summed E-state index contributed by atoms with van der Waals surface area (Å²) in [5, 5.41) is 17.4. The molecule has 0 aromatic carbocycles. The van der Waals surface area contributed by atoms with E-state index in [1.807, 2.05) is 0 Å². The normalized spacial score (nSPS) is 12.1. The fraction of sp³-hybridized carbons (Fsp3) is 0.222. The Kier molecular flexibility index (Phi) is 2.98. The van der Waals surface area contributed by atoms with Gasteiger partial charge >= 0.3 is 17.6 Å². The van der Waals surface area contributed by atoms with Crippen molar-refractivity contribution in [1.82, 2.24) is 0 Å². The molecule has 1 aromatic heterocycles. The van der Waals surface area contributed by atoms with E-state index in [4.69, 9.17) is 15.9 Å². The first-order valence-electron chi connectivity index (χ1n) is 4.24. The van der Waals surface area contributed by atoms with Crippen LogP contribution in [0.25, 0.3) is 0 Å². The smallest absolute Gasteiger partial charge is 0.371 e. The molecule has 1 aromatic rings. The molecule has 0 aliphatic rings. The monoisotopic (exact) mass is 227 g/mol. The maximum absolute atomic E-state index is 11.1. The molecule has 1 rings (SSSR count). The van der Waals surface area contributed by atoms with Crippen molar-refractivity contribution >= 4 is 17.6 Å². The Morgan fingerprint density at radius 2 is 2.00 bits per heavy atom. The summed E-state index contributed by atoms with van der Waals surface area (Å²) in [5.74, 6) is -4.39. The van der Waals surface area contributed by atoms with Crippen LogP contribution in [0.15, 0.2) is 15.3 Å². The van der Waals surface area contributed by atoms with Crippen LogP contribution in [-0.2, 0) is 4.79 Å². The van der Waals surface area contributed by atoms with Crippen molar-refractivity contribution < 1.29 is 24.2 Å². The molecule has 7 nitrogen and oxygen atoms in total. The largest absolute Gasteiger partial charge is 0.481 e. The zero-order valence-corrected chi connectivity index (χ0v) is 8.26. The van der Waals surface area contributed by atoms with E-state index in [2.05, 4.69) is 4.42 Å². The van der Waals surface area contributed by atoms with Crippen molar-refractivity contribution in [3.8, 4) is 0 Å². The van der Waals surface area contributed by atoms with Gasteiger partial charge in [0.2, 0.25) is 5.76 Å². The Morgan fingerprint density at radius 1 is 1.44 bits per heavy atom. The van der Waals surface area contributed by atoms with Gasteiger partial charge < -0.3 is 20.4 Å². The fourth-order valence-corrected chi connectivity index (χ4v) is 1.12. The molecule has 0 spiro atoms. The summed E-state index contributed by atoms with van der Waals surface area (Å²) in [7, 11) is 0. The van der Waals surface area contributed by atoms with Crippen molar-refractivity contribution in [2.45, 2.75) is 12.8 Å². The summed E-state index contributed by atoms with van der Waals surface area (Å²) in [6.45, 7) is 1.29. The number of nitrogen functional groups attached to an aromatic ring is 1. The molecule has 86 valence electrons. The number of aliphatic carboxylic acids is 1. The average Bonchev–Trinajstić information content (AvgIpc) is 2.20. The highest BCUT2D eigenvalue weighted by atomic mass is 16.4. The minimum atomic E-state index is -1.46. The molecule has 0 aliphatic carbocycles. The van der Waals surface area contributed by atoms with Gasteiger partial charge in [0.25, 0.3) is 0 Å². The van der Waals surface area contributed by atoms with Crippen LogP contribution >= 0.6 is 0 Å². The minimum absolute atomic E-state index is 0.0684. The average molecular weight is 227 g/mol. The molecule has 4 N–H and O–H groups in total. The number of aromatic carboxylic acids is 1. The number of hydrogen-bond donors (Lipinski definition) is 3. The Morgan fingerprint density at radius 3 is 2.44 bits per heavy atom. The predicted octanol–water partition coefficient (Wildman–Crippen LogP) is 0.108. The molecular weight excluding hydrogens is 218 g/mol. The van der Waals surface area contributed by atoms with Gasteiger partial charge in [-0.05, 0) is 13.0 Å². The summed E-state index contributed by atoms with van der Waals surface area (Å²) < 4.78 is 4.37. The van der Waals surface area contributed by atoms with Crippen LogP contribution in [0.3, 0.4) is 0 Å². The molecule has 0 radical (unpaired) electrons. The highest BCUT2D eigenvalue weighted by Gasteiger charge is 2.22.